The van der Waals surface area contributed by atoms with Gasteiger partial charge in [-0.25, -0.2) is 0 Å². The van der Waals surface area contributed by atoms with E-state index >= 15 is 0 Å². The molecule has 1 N–H and O–H groups in total. The number of amides is 2. The highest BCUT2D eigenvalue weighted by Gasteiger charge is 2.35. The molecule has 120 valence electrons. The van der Waals surface area contributed by atoms with E-state index < -0.39 is 0 Å². The lowest BCUT2D eigenvalue weighted by Gasteiger charge is -2.27. The summed E-state index contributed by atoms with van der Waals surface area (Å²) >= 11 is 5.01. The van der Waals surface area contributed by atoms with Crippen molar-refractivity contribution in [1.29, 1.82) is 0 Å². The van der Waals surface area contributed by atoms with Crippen LogP contribution in [0.25, 0.3) is 0 Å². The molecular weight excluding hydrogens is 364 g/mol. The molecule has 0 radical (unpaired) electrons. The van der Waals surface area contributed by atoms with Gasteiger partial charge < -0.3 is 10.2 Å². The first-order valence-corrected chi connectivity index (χ1v) is 9.15. The highest BCUT2D eigenvalue weighted by atomic mass is 79.9. The summed E-state index contributed by atoms with van der Waals surface area (Å²) in [7, 11) is 0. The molecule has 1 aromatic carbocycles. The number of carbonyl (C=O) groups is 2. The van der Waals surface area contributed by atoms with Gasteiger partial charge in [-0.3, -0.25) is 9.59 Å². The second-order valence-electron chi connectivity index (χ2n) is 6.42. The Morgan fingerprint density at radius 1 is 1.32 bits per heavy atom. The molecule has 1 heterocycles. The number of carbonyl (C=O) groups excluding carboxylic acids is 2. The van der Waals surface area contributed by atoms with Gasteiger partial charge >= 0.3 is 0 Å². The maximum absolute atomic E-state index is 12.5. The van der Waals surface area contributed by atoms with Crippen LogP contribution in [0.5, 0.6) is 0 Å². The zero-order chi connectivity index (χ0) is 16.3. The first kappa shape index (κ1) is 17.3. The third-order valence-electron chi connectivity index (χ3n) is 3.27. The summed E-state index contributed by atoms with van der Waals surface area (Å²) < 4.78 is 0.989. The molecule has 4 nitrogen and oxygen atoms in total. The zero-order valence-electron chi connectivity index (χ0n) is 13.1. The Kier molecular flexibility index (Phi) is 5.55. The third kappa shape index (κ3) is 4.74. The van der Waals surface area contributed by atoms with Crippen LogP contribution in [0.1, 0.15) is 26.3 Å². The van der Waals surface area contributed by atoms with Crippen molar-refractivity contribution in [3.8, 4) is 0 Å². The van der Waals surface area contributed by atoms with Crippen LogP contribution >= 0.6 is 27.7 Å². The molecule has 1 unspecified atom stereocenters. The summed E-state index contributed by atoms with van der Waals surface area (Å²) in [5.41, 5.74) is 0.671. The van der Waals surface area contributed by atoms with Crippen LogP contribution in [0.2, 0.25) is 0 Å². The van der Waals surface area contributed by atoms with Gasteiger partial charge in [0, 0.05) is 15.8 Å². The smallest absolute Gasteiger partial charge is 0.244 e. The Balaban J connectivity index is 2.01. The lowest BCUT2D eigenvalue weighted by Crippen LogP contribution is -2.52. The molecule has 1 fully saturated rings. The Morgan fingerprint density at radius 2 is 1.95 bits per heavy atom. The molecule has 2 rings (SSSR count). The molecule has 1 aromatic rings. The predicted molar refractivity (Wildman–Crippen MR) is 93.7 cm³/mol. The van der Waals surface area contributed by atoms with Crippen molar-refractivity contribution in [3.63, 3.8) is 0 Å². The van der Waals surface area contributed by atoms with Crippen molar-refractivity contribution in [1.82, 2.24) is 10.2 Å². The van der Waals surface area contributed by atoms with Gasteiger partial charge in [-0.05, 0) is 38.5 Å². The van der Waals surface area contributed by atoms with Gasteiger partial charge in [0.1, 0.15) is 6.04 Å². The van der Waals surface area contributed by atoms with Crippen molar-refractivity contribution >= 4 is 39.5 Å². The largest absolute Gasteiger partial charge is 0.350 e. The van der Waals surface area contributed by atoms with Crippen molar-refractivity contribution in [2.75, 3.05) is 11.6 Å². The van der Waals surface area contributed by atoms with Gasteiger partial charge in [0.15, 0.2) is 0 Å². The van der Waals surface area contributed by atoms with Gasteiger partial charge in [-0.15, -0.1) is 11.8 Å². The molecule has 6 heteroatoms. The highest BCUT2D eigenvalue weighted by Crippen LogP contribution is 2.23. The number of hydrogen-bond acceptors (Lipinski definition) is 3. The molecule has 1 aliphatic heterocycles. The van der Waals surface area contributed by atoms with Crippen molar-refractivity contribution < 1.29 is 9.59 Å². The average Bonchev–Trinajstić information content (AvgIpc) is 2.89. The summed E-state index contributed by atoms with van der Waals surface area (Å²) in [5.74, 6) is 1.18. The van der Waals surface area contributed by atoms with Crippen LogP contribution in [0.3, 0.4) is 0 Å². The zero-order valence-corrected chi connectivity index (χ0v) is 15.5. The van der Waals surface area contributed by atoms with Crippen molar-refractivity contribution in [2.45, 2.75) is 38.8 Å². The number of rotatable bonds is 3. The quantitative estimate of drug-likeness (QED) is 0.871. The molecule has 0 saturated carbocycles. The second-order valence-corrected chi connectivity index (χ2v) is 8.34. The van der Waals surface area contributed by atoms with Crippen molar-refractivity contribution in [2.24, 2.45) is 0 Å². The molecule has 0 bridgehead atoms. The highest BCUT2D eigenvalue weighted by molar-refractivity contribution is 9.10. The van der Waals surface area contributed by atoms with E-state index in [0.717, 1.165) is 10.0 Å². The fourth-order valence-corrected chi connectivity index (χ4v) is 3.68. The van der Waals surface area contributed by atoms with Gasteiger partial charge in [0.2, 0.25) is 11.8 Å². The number of hydrogen-bond donors (Lipinski definition) is 1. The maximum Gasteiger partial charge on any atom is 0.244 e. The monoisotopic (exact) mass is 384 g/mol. The number of nitrogens with one attached hydrogen (secondary N) is 1. The number of halogens is 1. The van der Waals surface area contributed by atoms with E-state index in [2.05, 4.69) is 21.2 Å². The van der Waals surface area contributed by atoms with Crippen LogP contribution in [0.15, 0.2) is 28.7 Å². The number of nitrogens with zero attached hydrogens (tertiary/aromatic N) is 1. The molecule has 1 atom stereocenters. The molecule has 2 amide bonds. The van der Waals surface area contributed by atoms with Gasteiger partial charge in [-0.2, -0.15) is 0 Å². The van der Waals surface area contributed by atoms with E-state index in [-0.39, 0.29) is 23.4 Å². The van der Waals surface area contributed by atoms with E-state index in [1.54, 1.807) is 16.7 Å². The second kappa shape index (κ2) is 7.04. The number of benzene rings is 1. The minimum Gasteiger partial charge on any atom is -0.350 e. The number of thioether (sulfide) groups is 1. The van der Waals surface area contributed by atoms with E-state index in [1.165, 1.54) is 0 Å². The van der Waals surface area contributed by atoms with Crippen LogP contribution in [-0.2, 0) is 16.0 Å². The van der Waals surface area contributed by atoms with Crippen molar-refractivity contribution in [3.05, 3.63) is 34.3 Å². The molecular formula is C16H21BrN2O2S. The molecule has 1 aliphatic rings. The minimum atomic E-state index is -0.368. The van der Waals surface area contributed by atoms with Crippen LogP contribution < -0.4 is 5.32 Å². The normalized spacial score (nSPS) is 18.4. The van der Waals surface area contributed by atoms with E-state index in [0.29, 0.717) is 18.1 Å². The maximum atomic E-state index is 12.5. The topological polar surface area (TPSA) is 49.4 Å². The van der Waals surface area contributed by atoms with Crippen LogP contribution in [0.4, 0.5) is 0 Å². The van der Waals surface area contributed by atoms with Gasteiger partial charge in [-0.1, -0.05) is 28.1 Å². The summed E-state index contributed by atoms with van der Waals surface area (Å²) in [6.07, 6.45) is 0.327. The molecule has 22 heavy (non-hydrogen) atoms. The van der Waals surface area contributed by atoms with E-state index in [9.17, 15) is 9.59 Å². The molecule has 0 aromatic heterocycles. The molecule has 0 spiro atoms. The summed E-state index contributed by atoms with van der Waals surface area (Å²) in [6.45, 7) is 5.84. The Bertz CT molecular complexity index is 554. The van der Waals surface area contributed by atoms with E-state index in [1.807, 2.05) is 45.0 Å². The molecule has 0 aliphatic carbocycles. The minimum absolute atomic E-state index is 0.00128. The standard InChI is InChI=1S/C16H21BrN2O2S/c1-16(2,3)18-15(21)13-9-22-10-19(13)14(20)8-11-4-6-12(17)7-5-11/h4-7,13H,8-10H2,1-3H3,(H,18,21). The Morgan fingerprint density at radius 3 is 2.55 bits per heavy atom. The van der Waals surface area contributed by atoms with Gasteiger partial charge in [0.05, 0.1) is 12.3 Å². The Labute approximate surface area is 144 Å². The Hall–Kier alpha value is -1.01. The van der Waals surface area contributed by atoms with Crippen LogP contribution in [-0.4, -0.2) is 39.9 Å². The molecule has 1 saturated heterocycles. The first-order chi connectivity index (χ1) is 10.3. The summed E-state index contributed by atoms with van der Waals surface area (Å²) in [5, 5.41) is 2.96. The van der Waals surface area contributed by atoms with Crippen LogP contribution in [0, 0.1) is 0 Å². The third-order valence-corrected chi connectivity index (χ3v) is 4.81. The SMILES string of the molecule is CC(C)(C)NC(=O)C1CSCN1C(=O)Cc1ccc(Br)cc1. The predicted octanol–water partition coefficient (Wildman–Crippen LogP) is 2.81. The lowest BCUT2D eigenvalue weighted by molar-refractivity contribution is -0.138. The average molecular weight is 385 g/mol. The fraction of sp³-hybridized carbons (Fsp3) is 0.500. The van der Waals surface area contributed by atoms with Gasteiger partial charge in [0.25, 0.3) is 0 Å². The van der Waals surface area contributed by atoms with E-state index in [4.69, 9.17) is 0 Å². The fourth-order valence-electron chi connectivity index (χ4n) is 2.24. The summed E-state index contributed by atoms with van der Waals surface area (Å²) in [6, 6.07) is 7.33. The lowest BCUT2D eigenvalue weighted by atomic mass is 10.1. The first-order valence-electron chi connectivity index (χ1n) is 7.20. The summed E-state index contributed by atoms with van der Waals surface area (Å²) in [4.78, 5) is 26.5.